The normalized spacial score (nSPS) is 11.4. The molecule has 1 rings (SSSR count). The average Bonchev–Trinajstić information content (AvgIpc) is 2.02. The largest absolute Gasteiger partial charge is 0.417 e. The van der Waals surface area contributed by atoms with Crippen LogP contribution in [0.1, 0.15) is 16.8 Å². The molecular weight excluding hydrogens is 183 g/mol. The van der Waals surface area contributed by atoms with Crippen LogP contribution in [-0.2, 0) is 11.0 Å². The Labute approximate surface area is 72.4 Å². The maximum Gasteiger partial charge on any atom is 0.417 e. The first kappa shape index (κ1) is 9.70. The van der Waals surface area contributed by atoms with Crippen molar-refractivity contribution in [3.8, 4) is 0 Å². The number of alkyl halides is 3. The molecule has 0 aromatic carbocycles. The van der Waals surface area contributed by atoms with Gasteiger partial charge in [0, 0.05) is 11.9 Å². The molecule has 0 N–H and O–H groups in total. The molecule has 1 radical (unpaired) electrons. The molecule has 0 amide bonds. The number of aryl methyl sites for hydroxylation is 1. The number of rotatable bonds is 1. The first-order valence-corrected chi connectivity index (χ1v) is 3.37. The minimum atomic E-state index is -4.53. The summed E-state index contributed by atoms with van der Waals surface area (Å²) in [6.07, 6.45) is -2.28. The highest BCUT2D eigenvalue weighted by atomic mass is 19.4. The molecule has 13 heavy (non-hydrogen) atoms. The van der Waals surface area contributed by atoms with Crippen LogP contribution in [0.4, 0.5) is 13.2 Å². The summed E-state index contributed by atoms with van der Waals surface area (Å²) in [6, 6.07) is 0.757. The van der Waals surface area contributed by atoms with Crippen LogP contribution in [-0.4, -0.2) is 11.3 Å². The van der Waals surface area contributed by atoms with Gasteiger partial charge in [-0.3, -0.25) is 9.78 Å². The molecule has 0 saturated heterocycles. The van der Waals surface area contributed by atoms with Gasteiger partial charge < -0.3 is 0 Å². The fourth-order valence-electron chi connectivity index (χ4n) is 0.931. The Morgan fingerprint density at radius 3 is 2.46 bits per heavy atom. The standard InChI is InChI=1S/C8H5F3NO/c1-5-6(4-13)7(2-3-12-5)8(9,10)11/h2-3H,1H3. The number of aromatic nitrogens is 1. The fourth-order valence-corrected chi connectivity index (χ4v) is 0.931. The monoisotopic (exact) mass is 188 g/mol. The second-order valence-corrected chi connectivity index (χ2v) is 2.42. The lowest BCUT2D eigenvalue weighted by atomic mass is 10.1. The predicted octanol–water partition coefficient (Wildman–Crippen LogP) is 1.87. The molecule has 1 aromatic heterocycles. The maximum absolute atomic E-state index is 12.2. The van der Waals surface area contributed by atoms with Crippen LogP contribution in [0.25, 0.3) is 0 Å². The molecule has 0 unspecified atom stereocenters. The first-order chi connectivity index (χ1) is 5.96. The van der Waals surface area contributed by atoms with Gasteiger partial charge in [0.05, 0.1) is 11.1 Å². The number of hydrogen-bond acceptors (Lipinski definition) is 2. The van der Waals surface area contributed by atoms with Gasteiger partial charge in [0.2, 0.25) is 6.29 Å². The van der Waals surface area contributed by atoms with Gasteiger partial charge in [0.15, 0.2) is 0 Å². The van der Waals surface area contributed by atoms with Crippen molar-refractivity contribution in [1.29, 1.82) is 0 Å². The number of hydrogen-bond donors (Lipinski definition) is 0. The summed E-state index contributed by atoms with van der Waals surface area (Å²) < 4.78 is 36.6. The fraction of sp³-hybridized carbons (Fsp3) is 0.250. The second-order valence-electron chi connectivity index (χ2n) is 2.42. The summed E-state index contributed by atoms with van der Waals surface area (Å²) >= 11 is 0. The van der Waals surface area contributed by atoms with E-state index in [9.17, 15) is 18.0 Å². The number of halogens is 3. The maximum atomic E-state index is 12.2. The van der Waals surface area contributed by atoms with Crippen LogP contribution in [0.2, 0.25) is 0 Å². The zero-order chi connectivity index (χ0) is 10.1. The van der Waals surface area contributed by atoms with Gasteiger partial charge >= 0.3 is 6.18 Å². The van der Waals surface area contributed by atoms with E-state index in [-0.39, 0.29) is 5.69 Å². The molecule has 0 spiro atoms. The molecule has 2 nitrogen and oxygen atoms in total. The summed E-state index contributed by atoms with van der Waals surface area (Å²) in [5.74, 6) is 0. The van der Waals surface area contributed by atoms with Gasteiger partial charge in [-0.1, -0.05) is 0 Å². The Bertz CT molecular complexity index is 333. The number of nitrogens with zero attached hydrogens (tertiary/aromatic N) is 1. The van der Waals surface area contributed by atoms with Crippen molar-refractivity contribution in [2.45, 2.75) is 13.1 Å². The van der Waals surface area contributed by atoms with Gasteiger partial charge in [-0.25, -0.2) is 0 Å². The van der Waals surface area contributed by atoms with E-state index >= 15 is 0 Å². The van der Waals surface area contributed by atoms with Gasteiger partial charge in [-0.05, 0) is 13.0 Å². The molecular formula is C8H5F3NO. The molecule has 0 bridgehead atoms. The summed E-state index contributed by atoms with van der Waals surface area (Å²) in [5, 5.41) is 0. The van der Waals surface area contributed by atoms with Crippen molar-refractivity contribution < 1.29 is 18.0 Å². The Morgan fingerprint density at radius 1 is 1.46 bits per heavy atom. The van der Waals surface area contributed by atoms with E-state index in [1.54, 1.807) is 0 Å². The Balaban J connectivity index is 3.37. The summed E-state index contributed by atoms with van der Waals surface area (Å²) in [5.41, 5.74) is -1.48. The zero-order valence-electron chi connectivity index (χ0n) is 6.64. The number of pyridine rings is 1. The summed E-state index contributed by atoms with van der Waals surface area (Å²) in [7, 11) is 0. The molecule has 1 heterocycles. The molecule has 0 saturated carbocycles. The van der Waals surface area contributed by atoms with Crippen molar-refractivity contribution in [1.82, 2.24) is 4.98 Å². The highest BCUT2D eigenvalue weighted by Gasteiger charge is 2.34. The number of carbonyl (C=O) groups excluding carboxylic acids is 1. The minimum absolute atomic E-state index is 0.0322. The SMILES string of the molecule is Cc1nccc(C(F)(F)F)c1[C]=O. The molecule has 69 valence electrons. The average molecular weight is 188 g/mol. The van der Waals surface area contributed by atoms with Crippen molar-refractivity contribution >= 4 is 6.29 Å². The quantitative estimate of drug-likeness (QED) is 0.673. The first-order valence-electron chi connectivity index (χ1n) is 3.37. The third-order valence-corrected chi connectivity index (χ3v) is 1.55. The van der Waals surface area contributed by atoms with Crippen molar-refractivity contribution in [2.75, 3.05) is 0 Å². The van der Waals surface area contributed by atoms with Gasteiger partial charge in [0.25, 0.3) is 0 Å². The third-order valence-electron chi connectivity index (χ3n) is 1.55. The molecule has 1 aromatic rings. The van der Waals surface area contributed by atoms with E-state index in [2.05, 4.69) is 4.98 Å². The topological polar surface area (TPSA) is 30.0 Å². The van der Waals surface area contributed by atoms with Crippen LogP contribution in [0.3, 0.4) is 0 Å². The molecule has 0 aliphatic heterocycles. The lowest BCUT2D eigenvalue weighted by molar-refractivity contribution is -0.137. The Hall–Kier alpha value is -1.39. The van der Waals surface area contributed by atoms with Crippen LogP contribution < -0.4 is 0 Å². The summed E-state index contributed by atoms with van der Waals surface area (Å²) in [6.45, 7) is 1.33. The Kier molecular flexibility index (Phi) is 2.36. The lowest BCUT2D eigenvalue weighted by Crippen LogP contribution is -2.10. The van der Waals surface area contributed by atoms with E-state index in [4.69, 9.17) is 0 Å². The Morgan fingerprint density at radius 2 is 2.08 bits per heavy atom. The minimum Gasteiger partial charge on any atom is -0.285 e. The molecule has 0 fully saturated rings. The molecule has 0 aliphatic rings. The smallest absolute Gasteiger partial charge is 0.285 e. The molecule has 0 aliphatic carbocycles. The predicted molar refractivity (Wildman–Crippen MR) is 38.8 cm³/mol. The molecule has 5 heteroatoms. The van der Waals surface area contributed by atoms with E-state index in [0.717, 1.165) is 12.3 Å². The summed E-state index contributed by atoms with van der Waals surface area (Å²) in [4.78, 5) is 13.8. The van der Waals surface area contributed by atoms with E-state index in [1.807, 2.05) is 0 Å². The van der Waals surface area contributed by atoms with Crippen LogP contribution in [0.5, 0.6) is 0 Å². The van der Waals surface area contributed by atoms with E-state index in [1.165, 1.54) is 13.2 Å². The second kappa shape index (κ2) is 3.16. The van der Waals surface area contributed by atoms with Gasteiger partial charge in [-0.15, -0.1) is 0 Å². The van der Waals surface area contributed by atoms with Crippen molar-refractivity contribution in [3.05, 3.63) is 29.1 Å². The van der Waals surface area contributed by atoms with Gasteiger partial charge in [0.1, 0.15) is 0 Å². The van der Waals surface area contributed by atoms with Crippen LogP contribution in [0, 0.1) is 6.92 Å². The van der Waals surface area contributed by atoms with Crippen molar-refractivity contribution in [2.24, 2.45) is 0 Å². The zero-order valence-corrected chi connectivity index (χ0v) is 6.64. The van der Waals surface area contributed by atoms with E-state index in [0.29, 0.717) is 0 Å². The van der Waals surface area contributed by atoms with Crippen molar-refractivity contribution in [3.63, 3.8) is 0 Å². The van der Waals surface area contributed by atoms with Gasteiger partial charge in [-0.2, -0.15) is 13.2 Å². The third kappa shape index (κ3) is 1.85. The lowest BCUT2D eigenvalue weighted by Gasteiger charge is -2.09. The molecule has 0 atom stereocenters. The van der Waals surface area contributed by atoms with Crippen LogP contribution in [0.15, 0.2) is 12.3 Å². The van der Waals surface area contributed by atoms with Crippen LogP contribution >= 0.6 is 0 Å². The van der Waals surface area contributed by atoms with E-state index < -0.39 is 17.3 Å². The highest BCUT2D eigenvalue weighted by Crippen LogP contribution is 2.31. The highest BCUT2D eigenvalue weighted by molar-refractivity contribution is 5.79.